The maximum atomic E-state index is 12.8. The summed E-state index contributed by atoms with van der Waals surface area (Å²) in [6, 6.07) is 12.0. The predicted molar refractivity (Wildman–Crippen MR) is 138 cm³/mol. The van der Waals surface area contributed by atoms with Crippen LogP contribution in [0.4, 0.5) is 5.69 Å². The highest BCUT2D eigenvalue weighted by atomic mass is 35.5. The van der Waals surface area contributed by atoms with Crippen molar-refractivity contribution >= 4 is 52.5 Å². The minimum Gasteiger partial charge on any atom is -0.342 e. The molecule has 2 aromatic carbocycles. The van der Waals surface area contributed by atoms with Gasteiger partial charge in [-0.15, -0.1) is 10.2 Å². The zero-order valence-electron chi connectivity index (χ0n) is 19.4. The molecule has 0 aliphatic rings. The standard InChI is InChI=1S/C24H27Cl2N5O2S/c1-5-31-22(21(14(2)3)28-23(33)16-8-6-15(4)7-9-16)29-30-24(31)34-13-20(32)27-19-12-17(25)10-11-18(19)26/h6-12,14,21H,5,13H2,1-4H3,(H,27,32)(H,28,33)/t21-/m0/s1. The number of anilines is 1. The number of hydrogen-bond acceptors (Lipinski definition) is 5. The highest BCUT2D eigenvalue weighted by molar-refractivity contribution is 7.99. The second-order valence-corrected chi connectivity index (χ2v) is 9.89. The molecule has 0 radical (unpaired) electrons. The van der Waals surface area contributed by atoms with Crippen molar-refractivity contribution in [2.45, 2.75) is 45.4 Å². The third-order valence-corrected chi connectivity index (χ3v) is 6.67. The number of hydrogen-bond donors (Lipinski definition) is 2. The molecule has 1 aromatic heterocycles. The molecule has 0 aliphatic carbocycles. The predicted octanol–water partition coefficient (Wildman–Crippen LogP) is 5.77. The molecule has 0 bridgehead atoms. The summed E-state index contributed by atoms with van der Waals surface area (Å²) in [7, 11) is 0. The third-order valence-electron chi connectivity index (χ3n) is 5.14. The fraction of sp³-hybridized carbons (Fsp3) is 0.333. The van der Waals surface area contributed by atoms with Gasteiger partial charge in [0.25, 0.3) is 5.91 Å². The fourth-order valence-corrected chi connectivity index (χ4v) is 4.45. The van der Waals surface area contributed by atoms with Crippen LogP contribution in [0.25, 0.3) is 0 Å². The molecule has 0 spiro atoms. The summed E-state index contributed by atoms with van der Waals surface area (Å²) in [5.41, 5.74) is 2.13. The van der Waals surface area contributed by atoms with Crippen LogP contribution in [-0.2, 0) is 11.3 Å². The number of nitrogens with one attached hydrogen (secondary N) is 2. The van der Waals surface area contributed by atoms with Crippen molar-refractivity contribution in [1.29, 1.82) is 0 Å². The molecule has 1 atom stereocenters. The molecule has 7 nitrogen and oxygen atoms in total. The zero-order valence-corrected chi connectivity index (χ0v) is 21.8. The molecule has 34 heavy (non-hydrogen) atoms. The van der Waals surface area contributed by atoms with Gasteiger partial charge in [0.1, 0.15) is 0 Å². The number of halogens is 2. The number of rotatable bonds is 9. The lowest BCUT2D eigenvalue weighted by atomic mass is 10.0. The summed E-state index contributed by atoms with van der Waals surface area (Å²) in [5, 5.41) is 16.0. The van der Waals surface area contributed by atoms with Crippen LogP contribution in [0.15, 0.2) is 47.6 Å². The van der Waals surface area contributed by atoms with E-state index in [-0.39, 0.29) is 29.5 Å². The fourth-order valence-electron chi connectivity index (χ4n) is 3.30. The van der Waals surface area contributed by atoms with Crippen LogP contribution in [0.2, 0.25) is 10.0 Å². The van der Waals surface area contributed by atoms with E-state index in [9.17, 15) is 9.59 Å². The van der Waals surface area contributed by atoms with Crippen LogP contribution in [0, 0.1) is 12.8 Å². The van der Waals surface area contributed by atoms with Gasteiger partial charge in [-0.3, -0.25) is 9.59 Å². The number of aryl methyl sites for hydroxylation is 1. The summed E-state index contributed by atoms with van der Waals surface area (Å²) in [5.74, 6) is 0.433. The van der Waals surface area contributed by atoms with E-state index in [0.29, 0.717) is 38.8 Å². The summed E-state index contributed by atoms with van der Waals surface area (Å²) >= 11 is 13.4. The Labute approximate surface area is 213 Å². The number of aromatic nitrogens is 3. The van der Waals surface area contributed by atoms with Crippen molar-refractivity contribution in [3.63, 3.8) is 0 Å². The molecular weight excluding hydrogens is 493 g/mol. The molecule has 0 aliphatic heterocycles. The first-order valence-electron chi connectivity index (χ1n) is 10.9. The first kappa shape index (κ1) is 26.1. The molecule has 10 heteroatoms. The van der Waals surface area contributed by atoms with E-state index in [1.807, 2.05) is 44.4 Å². The van der Waals surface area contributed by atoms with Crippen molar-refractivity contribution in [3.8, 4) is 0 Å². The number of amides is 2. The van der Waals surface area contributed by atoms with Gasteiger partial charge in [-0.1, -0.05) is 66.5 Å². The number of thioether (sulfide) groups is 1. The molecule has 1 heterocycles. The Morgan fingerprint density at radius 3 is 2.44 bits per heavy atom. The van der Waals surface area contributed by atoms with E-state index in [1.165, 1.54) is 11.8 Å². The van der Waals surface area contributed by atoms with Gasteiger partial charge in [-0.25, -0.2) is 0 Å². The molecule has 0 fully saturated rings. The van der Waals surface area contributed by atoms with Crippen molar-refractivity contribution in [3.05, 3.63) is 69.5 Å². The first-order chi connectivity index (χ1) is 16.2. The van der Waals surface area contributed by atoms with Crippen molar-refractivity contribution < 1.29 is 9.59 Å². The lowest BCUT2D eigenvalue weighted by molar-refractivity contribution is -0.113. The summed E-state index contributed by atoms with van der Waals surface area (Å²) < 4.78 is 1.92. The highest BCUT2D eigenvalue weighted by Crippen LogP contribution is 2.27. The first-order valence-corrected chi connectivity index (χ1v) is 12.6. The van der Waals surface area contributed by atoms with Gasteiger partial charge >= 0.3 is 0 Å². The van der Waals surface area contributed by atoms with Crippen LogP contribution < -0.4 is 10.6 Å². The maximum absolute atomic E-state index is 12.8. The Balaban J connectivity index is 1.72. The number of benzene rings is 2. The molecule has 2 N–H and O–H groups in total. The minimum absolute atomic E-state index is 0.0787. The topological polar surface area (TPSA) is 88.9 Å². The Kier molecular flexibility index (Phi) is 8.99. The monoisotopic (exact) mass is 519 g/mol. The Morgan fingerprint density at radius 2 is 1.79 bits per heavy atom. The van der Waals surface area contributed by atoms with Gasteiger partial charge in [-0.05, 0) is 50.1 Å². The van der Waals surface area contributed by atoms with Crippen LogP contribution in [0.3, 0.4) is 0 Å². The number of carbonyl (C=O) groups excluding carboxylic acids is 2. The molecule has 0 saturated heterocycles. The molecule has 3 rings (SSSR count). The van der Waals surface area contributed by atoms with Gasteiger partial charge in [-0.2, -0.15) is 0 Å². The number of carbonyl (C=O) groups is 2. The second-order valence-electron chi connectivity index (χ2n) is 8.11. The summed E-state index contributed by atoms with van der Waals surface area (Å²) in [4.78, 5) is 25.3. The van der Waals surface area contributed by atoms with Crippen molar-refractivity contribution in [1.82, 2.24) is 20.1 Å². The zero-order chi connectivity index (χ0) is 24.8. The van der Waals surface area contributed by atoms with Gasteiger partial charge in [0, 0.05) is 17.1 Å². The van der Waals surface area contributed by atoms with Gasteiger partial charge in [0.2, 0.25) is 5.91 Å². The minimum atomic E-state index is -0.338. The summed E-state index contributed by atoms with van der Waals surface area (Å²) in [6.07, 6.45) is 0. The molecule has 3 aromatic rings. The molecule has 180 valence electrons. The van der Waals surface area contributed by atoms with E-state index in [0.717, 1.165) is 5.56 Å². The van der Waals surface area contributed by atoms with E-state index in [1.54, 1.807) is 30.3 Å². The van der Waals surface area contributed by atoms with Crippen LogP contribution >= 0.6 is 35.0 Å². The van der Waals surface area contributed by atoms with E-state index in [2.05, 4.69) is 20.8 Å². The average Bonchev–Trinajstić information content (AvgIpc) is 3.21. The molecule has 2 amide bonds. The molecule has 0 unspecified atom stereocenters. The maximum Gasteiger partial charge on any atom is 0.251 e. The Bertz CT molecular complexity index is 1160. The van der Waals surface area contributed by atoms with Crippen LogP contribution in [0.5, 0.6) is 0 Å². The third kappa shape index (κ3) is 6.52. The molecular formula is C24H27Cl2N5O2S. The van der Waals surface area contributed by atoms with E-state index >= 15 is 0 Å². The highest BCUT2D eigenvalue weighted by Gasteiger charge is 2.26. The summed E-state index contributed by atoms with van der Waals surface area (Å²) in [6.45, 7) is 8.58. The van der Waals surface area contributed by atoms with Crippen LogP contribution in [0.1, 0.15) is 48.6 Å². The quantitative estimate of drug-likeness (QED) is 0.350. The SMILES string of the molecule is CCn1c(SCC(=O)Nc2cc(Cl)ccc2Cl)nnc1[C@@H](NC(=O)c1ccc(C)cc1)C(C)C. The smallest absolute Gasteiger partial charge is 0.251 e. The van der Waals surface area contributed by atoms with Crippen LogP contribution in [-0.4, -0.2) is 32.3 Å². The second kappa shape index (κ2) is 11.7. The van der Waals surface area contributed by atoms with Crippen molar-refractivity contribution in [2.75, 3.05) is 11.1 Å². The lowest BCUT2D eigenvalue weighted by Gasteiger charge is -2.22. The van der Waals surface area contributed by atoms with E-state index in [4.69, 9.17) is 23.2 Å². The Morgan fingerprint density at radius 1 is 1.09 bits per heavy atom. The number of nitrogens with zero attached hydrogens (tertiary/aromatic N) is 3. The largest absolute Gasteiger partial charge is 0.342 e. The molecule has 0 saturated carbocycles. The normalized spacial score (nSPS) is 12.0. The Hall–Kier alpha value is -2.55. The van der Waals surface area contributed by atoms with Crippen molar-refractivity contribution in [2.24, 2.45) is 5.92 Å². The van der Waals surface area contributed by atoms with Gasteiger partial charge in [0.05, 0.1) is 22.5 Å². The van der Waals surface area contributed by atoms with Gasteiger partial charge in [0.15, 0.2) is 11.0 Å². The van der Waals surface area contributed by atoms with Gasteiger partial charge < -0.3 is 15.2 Å². The average molecular weight is 520 g/mol. The van der Waals surface area contributed by atoms with E-state index < -0.39 is 0 Å². The lowest BCUT2D eigenvalue weighted by Crippen LogP contribution is -2.33.